The first-order chi connectivity index (χ1) is 7.68. The molecule has 1 heterocycles. The Morgan fingerprint density at radius 1 is 1.50 bits per heavy atom. The molecule has 3 heteroatoms. The fourth-order valence-electron chi connectivity index (χ4n) is 2.23. The van der Waals surface area contributed by atoms with Crippen LogP contribution in [0, 0.1) is 0 Å². The molecule has 2 rings (SSSR count). The van der Waals surface area contributed by atoms with Gasteiger partial charge in [0, 0.05) is 24.8 Å². The monoisotopic (exact) mass is 220 g/mol. The topological polar surface area (TPSA) is 49.5 Å². The van der Waals surface area contributed by atoms with E-state index >= 15 is 0 Å². The van der Waals surface area contributed by atoms with Crippen LogP contribution >= 0.6 is 0 Å². The number of rotatable bonds is 3. The minimum absolute atomic E-state index is 0.166. The van der Waals surface area contributed by atoms with E-state index in [1.165, 1.54) is 11.3 Å². The molecule has 0 aliphatic carbocycles. The van der Waals surface area contributed by atoms with Gasteiger partial charge in [0.15, 0.2) is 0 Å². The van der Waals surface area contributed by atoms with E-state index in [1.807, 2.05) is 19.1 Å². The number of hydrogen-bond acceptors (Lipinski definition) is 3. The Hall–Kier alpha value is -1.06. The molecule has 0 bridgehead atoms. The fourth-order valence-corrected chi connectivity index (χ4v) is 2.23. The van der Waals surface area contributed by atoms with Gasteiger partial charge in [0.2, 0.25) is 0 Å². The van der Waals surface area contributed by atoms with Crippen molar-refractivity contribution in [2.24, 2.45) is 5.73 Å². The molecule has 3 N–H and O–H groups in total. The molecule has 0 aromatic heterocycles. The Bertz CT molecular complexity index is 352. The summed E-state index contributed by atoms with van der Waals surface area (Å²) in [6.07, 6.45) is 1.57. The van der Waals surface area contributed by atoms with Crippen molar-refractivity contribution in [3.8, 4) is 0 Å². The number of anilines is 1. The lowest BCUT2D eigenvalue weighted by atomic mass is 9.97. The molecule has 0 spiro atoms. The number of aliphatic hydroxyl groups excluding tert-OH is 1. The van der Waals surface area contributed by atoms with E-state index in [9.17, 15) is 5.11 Å². The third-order valence-electron chi connectivity index (χ3n) is 3.20. The molecule has 0 saturated carbocycles. The maximum Gasteiger partial charge on any atom is 0.0528 e. The van der Waals surface area contributed by atoms with Crippen molar-refractivity contribution in [2.45, 2.75) is 31.9 Å². The Balaban J connectivity index is 2.15. The van der Waals surface area contributed by atoms with E-state index in [0.717, 1.165) is 25.9 Å². The average molecular weight is 220 g/mol. The van der Waals surface area contributed by atoms with Crippen LogP contribution in [0.3, 0.4) is 0 Å². The van der Waals surface area contributed by atoms with Crippen molar-refractivity contribution >= 4 is 5.69 Å². The minimum Gasteiger partial charge on any atom is -0.393 e. The van der Waals surface area contributed by atoms with Crippen molar-refractivity contribution < 1.29 is 5.11 Å². The summed E-state index contributed by atoms with van der Waals surface area (Å²) in [5.74, 6) is 0. The number of nitrogens with zero attached hydrogens (tertiary/aromatic N) is 1. The van der Waals surface area contributed by atoms with Gasteiger partial charge < -0.3 is 15.7 Å². The molecular formula is C13H20N2O. The van der Waals surface area contributed by atoms with Crippen molar-refractivity contribution in [1.29, 1.82) is 0 Å². The predicted octanol–water partition coefficient (Wildman–Crippen LogP) is 1.67. The summed E-state index contributed by atoms with van der Waals surface area (Å²) >= 11 is 0. The highest BCUT2D eigenvalue weighted by Gasteiger charge is 2.21. The number of benzene rings is 1. The minimum atomic E-state index is -0.234. The van der Waals surface area contributed by atoms with Gasteiger partial charge in [-0.15, -0.1) is 0 Å². The third-order valence-corrected chi connectivity index (χ3v) is 3.20. The van der Waals surface area contributed by atoms with Gasteiger partial charge in [-0.2, -0.15) is 0 Å². The van der Waals surface area contributed by atoms with Gasteiger partial charge in [-0.25, -0.2) is 0 Å². The SMILES string of the molecule is CC(O)CCN1CCC(N)c2ccccc21. The first-order valence-electron chi connectivity index (χ1n) is 5.96. The summed E-state index contributed by atoms with van der Waals surface area (Å²) in [5, 5.41) is 9.33. The second kappa shape index (κ2) is 4.85. The van der Waals surface area contributed by atoms with E-state index in [0.29, 0.717) is 0 Å². The van der Waals surface area contributed by atoms with Crippen molar-refractivity contribution in [3.63, 3.8) is 0 Å². The average Bonchev–Trinajstić information content (AvgIpc) is 2.28. The molecule has 16 heavy (non-hydrogen) atoms. The zero-order chi connectivity index (χ0) is 11.5. The number of hydrogen-bond donors (Lipinski definition) is 2. The van der Waals surface area contributed by atoms with Crippen LogP contribution in [0.5, 0.6) is 0 Å². The lowest BCUT2D eigenvalue weighted by Gasteiger charge is -2.34. The van der Waals surface area contributed by atoms with Crippen molar-refractivity contribution in [2.75, 3.05) is 18.0 Å². The molecular weight excluding hydrogens is 200 g/mol. The van der Waals surface area contributed by atoms with Gasteiger partial charge in [-0.3, -0.25) is 0 Å². The summed E-state index contributed by atoms with van der Waals surface area (Å²) in [7, 11) is 0. The molecule has 1 aromatic rings. The van der Waals surface area contributed by atoms with E-state index in [-0.39, 0.29) is 12.1 Å². The lowest BCUT2D eigenvalue weighted by Crippen LogP contribution is -2.35. The molecule has 2 atom stereocenters. The van der Waals surface area contributed by atoms with Crippen LogP contribution in [-0.4, -0.2) is 24.3 Å². The summed E-state index contributed by atoms with van der Waals surface area (Å²) in [6.45, 7) is 3.73. The zero-order valence-electron chi connectivity index (χ0n) is 9.76. The maximum absolute atomic E-state index is 9.33. The van der Waals surface area contributed by atoms with Crippen LogP contribution in [0.15, 0.2) is 24.3 Å². The van der Waals surface area contributed by atoms with E-state index in [4.69, 9.17) is 5.73 Å². The van der Waals surface area contributed by atoms with Crippen LogP contribution in [0.1, 0.15) is 31.4 Å². The zero-order valence-corrected chi connectivity index (χ0v) is 9.76. The largest absolute Gasteiger partial charge is 0.393 e. The normalized spacial score (nSPS) is 21.7. The molecule has 1 aliphatic rings. The molecule has 0 fully saturated rings. The second-order valence-corrected chi connectivity index (χ2v) is 4.58. The van der Waals surface area contributed by atoms with Crippen LogP contribution < -0.4 is 10.6 Å². The standard InChI is InChI=1S/C13H20N2O/c1-10(16)6-8-15-9-7-12(14)11-4-2-3-5-13(11)15/h2-5,10,12,16H,6-9,14H2,1H3. The number of fused-ring (bicyclic) bond motifs is 1. The number of para-hydroxylation sites is 1. The van der Waals surface area contributed by atoms with E-state index in [1.54, 1.807) is 0 Å². The van der Waals surface area contributed by atoms with Crippen LogP contribution in [-0.2, 0) is 0 Å². The molecule has 0 radical (unpaired) electrons. The fraction of sp³-hybridized carbons (Fsp3) is 0.538. The van der Waals surface area contributed by atoms with Crippen LogP contribution in [0.25, 0.3) is 0 Å². The van der Waals surface area contributed by atoms with Gasteiger partial charge in [0.05, 0.1) is 6.10 Å². The Morgan fingerprint density at radius 3 is 3.00 bits per heavy atom. The van der Waals surface area contributed by atoms with Gasteiger partial charge in [0.25, 0.3) is 0 Å². The van der Waals surface area contributed by atoms with Crippen LogP contribution in [0.4, 0.5) is 5.69 Å². The Labute approximate surface area is 96.9 Å². The molecule has 0 amide bonds. The second-order valence-electron chi connectivity index (χ2n) is 4.58. The highest BCUT2D eigenvalue weighted by molar-refractivity contribution is 5.56. The van der Waals surface area contributed by atoms with Gasteiger partial charge in [-0.05, 0) is 31.4 Å². The van der Waals surface area contributed by atoms with Gasteiger partial charge in [-0.1, -0.05) is 18.2 Å². The molecule has 88 valence electrons. The first-order valence-corrected chi connectivity index (χ1v) is 5.96. The quantitative estimate of drug-likeness (QED) is 0.814. The third kappa shape index (κ3) is 2.36. The van der Waals surface area contributed by atoms with E-state index in [2.05, 4.69) is 17.0 Å². The summed E-state index contributed by atoms with van der Waals surface area (Å²) in [4.78, 5) is 2.32. The summed E-state index contributed by atoms with van der Waals surface area (Å²) in [5.41, 5.74) is 8.56. The summed E-state index contributed by atoms with van der Waals surface area (Å²) < 4.78 is 0. The predicted molar refractivity (Wildman–Crippen MR) is 66.5 cm³/mol. The first kappa shape index (κ1) is 11.4. The Kier molecular flexibility index (Phi) is 3.46. The number of aliphatic hydroxyl groups is 1. The van der Waals surface area contributed by atoms with Gasteiger partial charge in [0.1, 0.15) is 0 Å². The molecule has 1 aromatic carbocycles. The van der Waals surface area contributed by atoms with E-state index < -0.39 is 0 Å². The highest BCUT2D eigenvalue weighted by atomic mass is 16.3. The molecule has 3 nitrogen and oxygen atoms in total. The van der Waals surface area contributed by atoms with Crippen molar-refractivity contribution in [3.05, 3.63) is 29.8 Å². The number of nitrogens with two attached hydrogens (primary N) is 1. The molecule has 0 saturated heterocycles. The van der Waals surface area contributed by atoms with Crippen molar-refractivity contribution in [1.82, 2.24) is 0 Å². The van der Waals surface area contributed by atoms with Gasteiger partial charge >= 0.3 is 0 Å². The summed E-state index contributed by atoms with van der Waals surface area (Å²) in [6, 6.07) is 8.48. The Morgan fingerprint density at radius 2 is 2.25 bits per heavy atom. The van der Waals surface area contributed by atoms with Crippen LogP contribution in [0.2, 0.25) is 0 Å². The molecule has 1 aliphatic heterocycles. The maximum atomic E-state index is 9.33. The molecule has 2 unspecified atom stereocenters. The highest BCUT2D eigenvalue weighted by Crippen LogP contribution is 2.31. The smallest absolute Gasteiger partial charge is 0.0528 e. The lowest BCUT2D eigenvalue weighted by molar-refractivity contribution is 0.186.